The average Bonchev–Trinajstić information content (AvgIpc) is 2.87. The first-order valence-electron chi connectivity index (χ1n) is 6.15. The molecule has 0 saturated carbocycles. The van der Waals surface area contributed by atoms with E-state index < -0.39 is 5.97 Å². The molecule has 0 N–H and O–H groups in total. The molecule has 0 aliphatic carbocycles. The van der Waals surface area contributed by atoms with Crippen molar-refractivity contribution in [2.75, 3.05) is 26.2 Å². The molecule has 0 fully saturated rings. The number of carboxylic acid groups (broad SMARTS) is 1. The predicted molar refractivity (Wildman–Crippen MR) is 65.5 cm³/mol. The summed E-state index contributed by atoms with van der Waals surface area (Å²) in [5.41, 5.74) is 0. The number of carbonyl (C=O) groups is 1. The molecule has 4 heteroatoms. The van der Waals surface area contributed by atoms with E-state index in [1.54, 1.807) is 0 Å². The molecule has 0 aromatic carbocycles. The molecule has 1 aromatic rings. The van der Waals surface area contributed by atoms with Gasteiger partial charge in [0.15, 0.2) is 0 Å². The molecule has 0 radical (unpaired) electrons. The van der Waals surface area contributed by atoms with Gasteiger partial charge in [-0.05, 0) is 39.8 Å². The topological polar surface area (TPSA) is 53.3 Å². The van der Waals surface area contributed by atoms with Crippen LogP contribution >= 0.6 is 0 Å². The Labute approximate surface area is 103 Å². The van der Waals surface area contributed by atoms with Gasteiger partial charge in [0.1, 0.15) is 11.7 Å². The molecule has 0 amide bonds. The number of nitrogens with zero attached hydrogens (tertiary/aromatic N) is 1. The molecule has 0 unspecified atom stereocenters. The summed E-state index contributed by atoms with van der Waals surface area (Å²) in [7, 11) is 0. The number of hydrogen-bond acceptors (Lipinski definition) is 3. The summed E-state index contributed by atoms with van der Waals surface area (Å²) in [6.07, 6.45) is 1.28. The molecular formula is C13H23NO3. The second-order valence-corrected chi connectivity index (χ2v) is 3.87. The van der Waals surface area contributed by atoms with Crippen LogP contribution in [-0.4, -0.2) is 36.6 Å². The van der Waals surface area contributed by atoms with Crippen molar-refractivity contribution in [1.29, 1.82) is 0 Å². The first-order chi connectivity index (χ1) is 8.05. The maximum absolute atomic E-state index is 9.86. The molecule has 0 saturated heterocycles. The minimum absolute atomic E-state index is 0.134. The lowest BCUT2D eigenvalue weighted by Gasteiger charge is -2.34. The minimum Gasteiger partial charge on any atom is -0.542 e. The van der Waals surface area contributed by atoms with Crippen LogP contribution in [0.3, 0.4) is 0 Å². The van der Waals surface area contributed by atoms with Gasteiger partial charge in [0.05, 0.1) is 32.4 Å². The molecule has 0 bridgehead atoms. The predicted octanol–water partition coefficient (Wildman–Crippen LogP) is 1.53. The first kappa shape index (κ1) is 15.7. The van der Waals surface area contributed by atoms with E-state index in [-0.39, 0.29) is 5.76 Å². The third kappa shape index (κ3) is 5.04. The molecule has 4 nitrogen and oxygen atoms in total. The Morgan fingerprint density at radius 2 is 1.65 bits per heavy atom. The van der Waals surface area contributed by atoms with Gasteiger partial charge in [0.2, 0.25) is 0 Å². The Kier molecular flexibility index (Phi) is 7.30. The molecule has 1 aromatic heterocycles. The summed E-state index contributed by atoms with van der Waals surface area (Å²) in [4.78, 5) is 9.86. The van der Waals surface area contributed by atoms with Gasteiger partial charge in [-0.15, -0.1) is 0 Å². The van der Waals surface area contributed by atoms with E-state index in [1.165, 1.54) is 49.1 Å². The highest BCUT2D eigenvalue weighted by molar-refractivity contribution is 5.82. The Morgan fingerprint density at radius 1 is 1.18 bits per heavy atom. The third-order valence-corrected chi connectivity index (χ3v) is 3.41. The Morgan fingerprint density at radius 3 is 1.76 bits per heavy atom. The number of quaternary nitrogens is 1. The molecular weight excluding hydrogens is 218 g/mol. The van der Waals surface area contributed by atoms with Crippen molar-refractivity contribution in [3.05, 3.63) is 24.2 Å². The van der Waals surface area contributed by atoms with E-state index in [2.05, 4.69) is 32.1 Å². The minimum atomic E-state index is -1.28. The summed E-state index contributed by atoms with van der Waals surface area (Å²) in [5.74, 6) is -1.42. The maximum atomic E-state index is 9.86. The second-order valence-electron chi connectivity index (χ2n) is 3.87. The van der Waals surface area contributed by atoms with Gasteiger partial charge in [-0.1, -0.05) is 0 Å². The lowest BCUT2D eigenvalue weighted by atomic mass is 10.3. The van der Waals surface area contributed by atoms with E-state index in [1.807, 2.05) is 0 Å². The number of aromatic carboxylic acids is 1. The lowest BCUT2D eigenvalue weighted by molar-refractivity contribution is -0.921. The van der Waals surface area contributed by atoms with Crippen LogP contribution in [-0.2, 0) is 0 Å². The van der Waals surface area contributed by atoms with E-state index >= 15 is 0 Å². The number of hydrogen-bond donors (Lipinski definition) is 0. The Hall–Kier alpha value is -1.29. The SMILES string of the molecule is CC[N+](CC)(CC)CC.O=C([O-])c1ccco1. The van der Waals surface area contributed by atoms with Crippen LogP contribution in [0.5, 0.6) is 0 Å². The second kappa shape index (κ2) is 7.90. The third-order valence-electron chi connectivity index (χ3n) is 3.41. The quantitative estimate of drug-likeness (QED) is 0.734. The standard InChI is InChI=1S/C8H20N.C5H4O3/c1-5-9(6-2,7-3)8-4;6-5(7)4-2-1-3-8-4/h5-8H2,1-4H3;1-3H,(H,6,7)/q+1;/p-1. The van der Waals surface area contributed by atoms with Gasteiger partial charge in [-0.3, -0.25) is 0 Å². The monoisotopic (exact) mass is 241 g/mol. The van der Waals surface area contributed by atoms with Crippen molar-refractivity contribution in [3.8, 4) is 0 Å². The van der Waals surface area contributed by atoms with Crippen LogP contribution in [0, 0.1) is 0 Å². The van der Waals surface area contributed by atoms with Crippen LogP contribution in [0.2, 0.25) is 0 Å². The normalized spacial score (nSPS) is 10.6. The van der Waals surface area contributed by atoms with Gasteiger partial charge in [0.25, 0.3) is 0 Å². The van der Waals surface area contributed by atoms with Crippen molar-refractivity contribution in [2.45, 2.75) is 27.7 Å². The molecule has 1 heterocycles. The fraction of sp³-hybridized carbons (Fsp3) is 0.615. The van der Waals surface area contributed by atoms with Crippen LogP contribution in [0.15, 0.2) is 22.8 Å². The van der Waals surface area contributed by atoms with Gasteiger partial charge >= 0.3 is 0 Å². The zero-order valence-corrected chi connectivity index (χ0v) is 11.2. The van der Waals surface area contributed by atoms with E-state index in [4.69, 9.17) is 0 Å². The van der Waals surface area contributed by atoms with Crippen LogP contribution < -0.4 is 5.11 Å². The van der Waals surface area contributed by atoms with E-state index in [0.29, 0.717) is 0 Å². The largest absolute Gasteiger partial charge is 0.542 e. The van der Waals surface area contributed by atoms with Gasteiger partial charge in [-0.2, -0.15) is 0 Å². The zero-order valence-electron chi connectivity index (χ0n) is 11.2. The summed E-state index contributed by atoms with van der Waals surface area (Å²) in [5, 5.41) is 9.86. The number of carboxylic acids is 1. The van der Waals surface area contributed by atoms with Gasteiger partial charge in [0, 0.05) is 0 Å². The lowest BCUT2D eigenvalue weighted by Crippen LogP contribution is -2.47. The van der Waals surface area contributed by atoms with Crippen molar-refractivity contribution < 1.29 is 18.8 Å². The first-order valence-corrected chi connectivity index (χ1v) is 6.15. The van der Waals surface area contributed by atoms with E-state index in [0.717, 1.165) is 0 Å². The fourth-order valence-corrected chi connectivity index (χ4v) is 1.74. The molecule has 0 spiro atoms. The zero-order chi connectivity index (χ0) is 13.3. The highest BCUT2D eigenvalue weighted by atomic mass is 16.4. The Balaban J connectivity index is 0.000000302. The van der Waals surface area contributed by atoms with Crippen LogP contribution in [0.4, 0.5) is 0 Å². The van der Waals surface area contributed by atoms with E-state index in [9.17, 15) is 9.90 Å². The van der Waals surface area contributed by atoms with Crippen LogP contribution in [0.25, 0.3) is 0 Å². The molecule has 1 rings (SSSR count). The highest BCUT2D eigenvalue weighted by Gasteiger charge is 2.16. The number of furan rings is 1. The molecule has 0 aliphatic rings. The van der Waals surface area contributed by atoms with Crippen LogP contribution in [0.1, 0.15) is 38.2 Å². The van der Waals surface area contributed by atoms with Crippen molar-refractivity contribution >= 4 is 5.97 Å². The summed E-state index contributed by atoms with van der Waals surface area (Å²) in [6.45, 7) is 14.2. The average molecular weight is 241 g/mol. The number of carbonyl (C=O) groups excluding carboxylic acids is 1. The number of rotatable bonds is 5. The van der Waals surface area contributed by atoms with Crippen molar-refractivity contribution in [2.24, 2.45) is 0 Å². The highest BCUT2D eigenvalue weighted by Crippen LogP contribution is 2.03. The van der Waals surface area contributed by atoms with Gasteiger partial charge in [-0.25, -0.2) is 0 Å². The molecule has 98 valence electrons. The smallest absolute Gasteiger partial charge is 0.149 e. The molecule has 17 heavy (non-hydrogen) atoms. The van der Waals surface area contributed by atoms with Gasteiger partial charge < -0.3 is 18.8 Å². The summed E-state index contributed by atoms with van der Waals surface area (Å²) < 4.78 is 5.71. The maximum Gasteiger partial charge on any atom is 0.149 e. The summed E-state index contributed by atoms with van der Waals surface area (Å²) >= 11 is 0. The molecule has 0 aliphatic heterocycles. The Bertz CT molecular complexity index is 285. The fourth-order valence-electron chi connectivity index (χ4n) is 1.74. The molecule has 0 atom stereocenters. The summed E-state index contributed by atoms with van der Waals surface area (Å²) in [6, 6.07) is 2.82. The van der Waals surface area contributed by atoms with Crippen molar-refractivity contribution in [3.63, 3.8) is 0 Å². The van der Waals surface area contributed by atoms with Crippen molar-refractivity contribution in [1.82, 2.24) is 0 Å².